The zero-order valence-corrected chi connectivity index (χ0v) is 11.2. The lowest BCUT2D eigenvalue weighted by molar-refractivity contribution is 0.303. The normalized spacial score (nSPS) is 27.4. The first kappa shape index (κ1) is 12.0. The van der Waals surface area contributed by atoms with Crippen LogP contribution in [0.25, 0.3) is 0 Å². The van der Waals surface area contributed by atoms with Crippen LogP contribution in [0.15, 0.2) is 18.3 Å². The summed E-state index contributed by atoms with van der Waals surface area (Å²) < 4.78 is 0. The summed E-state index contributed by atoms with van der Waals surface area (Å²) in [5, 5.41) is 3.24. The third kappa shape index (κ3) is 2.51. The fourth-order valence-corrected chi connectivity index (χ4v) is 3.52. The fraction of sp³-hybridized carbons (Fsp3) is 0.667. The second kappa shape index (κ2) is 5.27. The van der Waals surface area contributed by atoms with Crippen LogP contribution in [0.3, 0.4) is 0 Å². The third-order valence-electron chi connectivity index (χ3n) is 4.39. The summed E-state index contributed by atoms with van der Waals surface area (Å²) in [6.07, 6.45) is 6.39. The molecule has 3 rings (SSSR count). The minimum atomic E-state index is 0.932. The highest BCUT2D eigenvalue weighted by molar-refractivity contribution is 5.35. The van der Waals surface area contributed by atoms with E-state index in [-0.39, 0.29) is 0 Å². The van der Waals surface area contributed by atoms with Crippen LogP contribution < -0.4 is 5.32 Å². The van der Waals surface area contributed by atoms with Crippen molar-refractivity contribution in [1.82, 2.24) is 9.88 Å². The lowest BCUT2D eigenvalue weighted by Gasteiger charge is -2.16. The molecule has 1 saturated carbocycles. The molecule has 1 aliphatic carbocycles. The second-order valence-corrected chi connectivity index (χ2v) is 5.73. The highest BCUT2D eigenvalue weighted by atomic mass is 15.2. The quantitative estimate of drug-likeness (QED) is 0.884. The zero-order chi connectivity index (χ0) is 12.4. The van der Waals surface area contributed by atoms with Crippen LogP contribution in [0.1, 0.15) is 31.7 Å². The molecule has 2 heterocycles. The molecule has 98 valence electrons. The second-order valence-electron chi connectivity index (χ2n) is 5.73. The predicted molar refractivity (Wildman–Crippen MR) is 74.5 cm³/mol. The maximum Gasteiger partial charge on any atom is 0.125 e. The molecule has 0 spiro atoms. The summed E-state index contributed by atoms with van der Waals surface area (Å²) in [4.78, 5) is 7.05. The summed E-state index contributed by atoms with van der Waals surface area (Å²) in [5.74, 6) is 2.96. The van der Waals surface area contributed by atoms with Crippen LogP contribution in [0.4, 0.5) is 5.82 Å². The van der Waals surface area contributed by atoms with Crippen molar-refractivity contribution in [2.75, 3.05) is 25.0 Å². The summed E-state index contributed by atoms with van der Waals surface area (Å²) in [7, 11) is 0. The topological polar surface area (TPSA) is 28.2 Å². The molecule has 2 fully saturated rings. The Balaban J connectivity index is 1.56. The standard InChI is InChI=1S/C15H23N3/c1-2-16-15-7-6-12(8-17-15)9-18-10-13-4-3-5-14(13)11-18/h6-8,13-14H,2-5,9-11H2,1H3,(H,16,17). The first-order valence-electron chi connectivity index (χ1n) is 7.26. The first-order chi connectivity index (χ1) is 8.85. The molecule has 1 saturated heterocycles. The molecule has 0 amide bonds. The van der Waals surface area contributed by atoms with Crippen molar-refractivity contribution in [3.8, 4) is 0 Å². The maximum absolute atomic E-state index is 4.44. The van der Waals surface area contributed by atoms with E-state index in [1.54, 1.807) is 0 Å². The number of likely N-dealkylation sites (tertiary alicyclic amines) is 1. The van der Waals surface area contributed by atoms with E-state index in [9.17, 15) is 0 Å². The number of hydrogen-bond acceptors (Lipinski definition) is 3. The molecule has 1 aromatic heterocycles. The van der Waals surface area contributed by atoms with E-state index in [0.29, 0.717) is 0 Å². The number of anilines is 1. The average molecular weight is 245 g/mol. The lowest BCUT2D eigenvalue weighted by Crippen LogP contribution is -2.21. The Morgan fingerprint density at radius 2 is 2.06 bits per heavy atom. The van der Waals surface area contributed by atoms with E-state index < -0.39 is 0 Å². The SMILES string of the molecule is CCNc1ccc(CN2CC3CCCC3C2)cn1. The van der Waals surface area contributed by atoms with Gasteiger partial charge in [0.2, 0.25) is 0 Å². The van der Waals surface area contributed by atoms with Crippen molar-refractivity contribution in [1.29, 1.82) is 0 Å². The Kier molecular flexibility index (Phi) is 3.50. The van der Waals surface area contributed by atoms with E-state index in [4.69, 9.17) is 0 Å². The molecule has 1 aliphatic heterocycles. The van der Waals surface area contributed by atoms with Gasteiger partial charge in [-0.15, -0.1) is 0 Å². The average Bonchev–Trinajstić information content (AvgIpc) is 2.92. The van der Waals surface area contributed by atoms with Gasteiger partial charge in [0, 0.05) is 32.4 Å². The summed E-state index contributed by atoms with van der Waals surface area (Å²) in [5.41, 5.74) is 1.34. The van der Waals surface area contributed by atoms with E-state index in [1.165, 1.54) is 37.9 Å². The number of rotatable bonds is 4. The Bertz CT molecular complexity index is 375. The summed E-state index contributed by atoms with van der Waals surface area (Å²) >= 11 is 0. The van der Waals surface area contributed by atoms with Crippen LogP contribution in [-0.2, 0) is 6.54 Å². The van der Waals surface area contributed by atoms with Gasteiger partial charge in [0.1, 0.15) is 5.82 Å². The molecule has 18 heavy (non-hydrogen) atoms. The maximum atomic E-state index is 4.44. The van der Waals surface area contributed by atoms with Crippen molar-refractivity contribution < 1.29 is 0 Å². The van der Waals surface area contributed by atoms with Gasteiger partial charge < -0.3 is 5.32 Å². The molecule has 0 radical (unpaired) electrons. The number of aromatic nitrogens is 1. The Hall–Kier alpha value is -1.09. The third-order valence-corrected chi connectivity index (χ3v) is 4.39. The van der Waals surface area contributed by atoms with Gasteiger partial charge >= 0.3 is 0 Å². The minimum Gasteiger partial charge on any atom is -0.370 e. The van der Waals surface area contributed by atoms with Crippen LogP contribution in [0.5, 0.6) is 0 Å². The number of hydrogen-bond donors (Lipinski definition) is 1. The van der Waals surface area contributed by atoms with E-state index in [0.717, 1.165) is 30.7 Å². The van der Waals surface area contributed by atoms with Gasteiger partial charge in [-0.3, -0.25) is 4.90 Å². The number of nitrogens with one attached hydrogen (secondary N) is 1. The summed E-state index contributed by atoms with van der Waals surface area (Å²) in [6, 6.07) is 4.30. The lowest BCUT2D eigenvalue weighted by atomic mass is 10.0. The van der Waals surface area contributed by atoms with Gasteiger partial charge in [0.05, 0.1) is 0 Å². The highest BCUT2D eigenvalue weighted by Crippen LogP contribution is 2.38. The molecule has 3 heteroatoms. The largest absolute Gasteiger partial charge is 0.370 e. The van der Waals surface area contributed by atoms with Crippen molar-refractivity contribution in [2.24, 2.45) is 11.8 Å². The van der Waals surface area contributed by atoms with E-state index in [1.807, 2.05) is 6.20 Å². The van der Waals surface area contributed by atoms with Gasteiger partial charge in [-0.1, -0.05) is 12.5 Å². The van der Waals surface area contributed by atoms with Gasteiger partial charge in [0.25, 0.3) is 0 Å². The molecule has 2 aliphatic rings. The van der Waals surface area contributed by atoms with E-state index in [2.05, 4.69) is 34.3 Å². The van der Waals surface area contributed by atoms with Crippen molar-refractivity contribution >= 4 is 5.82 Å². The van der Waals surface area contributed by atoms with Gasteiger partial charge in [0.15, 0.2) is 0 Å². The molecule has 1 N–H and O–H groups in total. The fourth-order valence-electron chi connectivity index (χ4n) is 3.52. The molecule has 3 nitrogen and oxygen atoms in total. The van der Waals surface area contributed by atoms with Crippen LogP contribution in [0.2, 0.25) is 0 Å². The molecular formula is C15H23N3. The number of nitrogens with zero attached hydrogens (tertiary/aromatic N) is 2. The molecule has 1 aromatic rings. The van der Waals surface area contributed by atoms with Gasteiger partial charge in [-0.2, -0.15) is 0 Å². The first-order valence-corrected chi connectivity index (χ1v) is 7.26. The van der Waals surface area contributed by atoms with Crippen molar-refractivity contribution in [2.45, 2.75) is 32.7 Å². The Labute approximate surface area is 110 Å². The van der Waals surface area contributed by atoms with Gasteiger partial charge in [-0.05, 0) is 43.2 Å². The van der Waals surface area contributed by atoms with Crippen molar-refractivity contribution in [3.63, 3.8) is 0 Å². The minimum absolute atomic E-state index is 0.932. The molecular weight excluding hydrogens is 222 g/mol. The van der Waals surface area contributed by atoms with Crippen molar-refractivity contribution in [3.05, 3.63) is 23.9 Å². The highest BCUT2D eigenvalue weighted by Gasteiger charge is 2.35. The predicted octanol–water partition coefficient (Wildman–Crippen LogP) is 2.75. The number of pyridine rings is 1. The molecule has 0 bridgehead atoms. The molecule has 2 unspecified atom stereocenters. The van der Waals surface area contributed by atoms with Crippen LogP contribution in [0, 0.1) is 11.8 Å². The van der Waals surface area contributed by atoms with Crippen LogP contribution in [-0.4, -0.2) is 29.5 Å². The smallest absolute Gasteiger partial charge is 0.125 e. The van der Waals surface area contributed by atoms with E-state index >= 15 is 0 Å². The Morgan fingerprint density at radius 1 is 1.28 bits per heavy atom. The molecule has 0 aromatic carbocycles. The zero-order valence-electron chi connectivity index (χ0n) is 11.2. The monoisotopic (exact) mass is 245 g/mol. The number of fused-ring (bicyclic) bond motifs is 1. The van der Waals surface area contributed by atoms with Crippen LogP contribution >= 0.6 is 0 Å². The summed E-state index contributed by atoms with van der Waals surface area (Å²) in [6.45, 7) is 6.71. The Morgan fingerprint density at radius 3 is 2.67 bits per heavy atom. The van der Waals surface area contributed by atoms with Gasteiger partial charge in [-0.25, -0.2) is 4.98 Å². The molecule has 2 atom stereocenters.